The third kappa shape index (κ3) is 9.10. The average molecular weight is 664 g/mol. The highest BCUT2D eigenvalue weighted by Crippen LogP contribution is 2.32. The molecule has 0 unspecified atom stereocenters. The number of rotatable bonds is 12. The van der Waals surface area contributed by atoms with Gasteiger partial charge in [0.2, 0.25) is 11.8 Å². The van der Waals surface area contributed by atoms with Gasteiger partial charge in [0, 0.05) is 45.1 Å². The molecule has 1 saturated heterocycles. The first kappa shape index (κ1) is 36.3. The van der Waals surface area contributed by atoms with Gasteiger partial charge in [0.25, 0.3) is 5.91 Å². The van der Waals surface area contributed by atoms with E-state index in [-0.39, 0.29) is 24.2 Å². The fourth-order valence-electron chi connectivity index (χ4n) is 6.36. The molecule has 4 atom stereocenters. The molecule has 0 radical (unpaired) electrons. The van der Waals surface area contributed by atoms with Gasteiger partial charge in [-0.2, -0.15) is 8.78 Å². The summed E-state index contributed by atoms with van der Waals surface area (Å²) < 4.78 is 48.4. The number of alkyl halides is 2. The average Bonchev–Trinajstić information content (AvgIpc) is 3.49. The maximum Gasteiger partial charge on any atom is 0.321 e. The van der Waals surface area contributed by atoms with Gasteiger partial charge in [-0.05, 0) is 62.8 Å². The molecule has 11 nitrogen and oxygen atoms in total. The second kappa shape index (κ2) is 15.6. The monoisotopic (exact) mass is 663 g/mol. The van der Waals surface area contributed by atoms with Crippen molar-refractivity contribution in [1.29, 1.82) is 0 Å². The Morgan fingerprint density at radius 3 is 2.38 bits per heavy atom. The number of benzene rings is 1. The highest BCUT2D eigenvalue weighted by molar-refractivity contribution is 5.95. The van der Waals surface area contributed by atoms with E-state index in [1.165, 1.54) is 18.2 Å². The molecule has 2 aliphatic rings. The third-order valence-electron chi connectivity index (χ3n) is 9.77. The first-order chi connectivity index (χ1) is 22.2. The van der Waals surface area contributed by atoms with Gasteiger partial charge in [-0.3, -0.25) is 19.7 Å². The molecule has 1 aromatic heterocycles. The number of halogens is 3. The van der Waals surface area contributed by atoms with Crippen LogP contribution in [0, 0.1) is 17.7 Å². The Hall–Kier alpha value is -3.52. The number of carbonyl (C=O) groups is 3. The Kier molecular flexibility index (Phi) is 12.0. The van der Waals surface area contributed by atoms with Crippen LogP contribution in [0.1, 0.15) is 83.2 Å². The summed E-state index contributed by atoms with van der Waals surface area (Å²) >= 11 is 0. The predicted molar refractivity (Wildman–Crippen MR) is 170 cm³/mol. The normalized spacial score (nSPS) is 22.7. The van der Waals surface area contributed by atoms with Gasteiger partial charge in [-0.15, -0.1) is 0 Å². The molecule has 1 saturated carbocycles. The third-order valence-corrected chi connectivity index (χ3v) is 9.77. The summed E-state index contributed by atoms with van der Waals surface area (Å²) in [6, 6.07) is 2.15. The molecule has 3 N–H and O–H groups in total. The van der Waals surface area contributed by atoms with Crippen LogP contribution in [0.4, 0.5) is 18.9 Å². The largest absolute Gasteiger partial charge is 0.339 e. The maximum absolute atomic E-state index is 15.6. The SMILES string of the molecule is CCc1nonc1CN[C@H](C(=O)Nc1ccc([C@H](C)[C@@H](NC(=O)C(C)(F)F)C(=O)N2CCN(C)[C@@H](C)C2)cc1F)C1CCC(C)CC1. The number of nitrogens with one attached hydrogen (secondary N) is 3. The van der Waals surface area contributed by atoms with Crippen LogP contribution in [-0.4, -0.2) is 88.6 Å². The van der Waals surface area contributed by atoms with E-state index in [1.54, 1.807) is 11.8 Å². The van der Waals surface area contributed by atoms with Crippen molar-refractivity contribution in [2.75, 3.05) is 32.0 Å². The minimum absolute atomic E-state index is 0.0304. The van der Waals surface area contributed by atoms with E-state index in [9.17, 15) is 23.2 Å². The fourth-order valence-corrected chi connectivity index (χ4v) is 6.36. The molecule has 1 aromatic carbocycles. The molecule has 1 aliphatic heterocycles. The predicted octanol–water partition coefficient (Wildman–Crippen LogP) is 4.10. The summed E-state index contributed by atoms with van der Waals surface area (Å²) in [5.41, 5.74) is 1.56. The van der Waals surface area contributed by atoms with Crippen molar-refractivity contribution in [1.82, 2.24) is 30.7 Å². The van der Waals surface area contributed by atoms with E-state index in [0.717, 1.165) is 25.7 Å². The second-order valence-corrected chi connectivity index (χ2v) is 13.4. The quantitative estimate of drug-likeness (QED) is 0.309. The molecule has 0 spiro atoms. The Bertz CT molecular complexity index is 1390. The van der Waals surface area contributed by atoms with Crippen LogP contribution in [-0.2, 0) is 27.3 Å². The molecule has 14 heteroatoms. The Morgan fingerprint density at radius 1 is 1.09 bits per heavy atom. The van der Waals surface area contributed by atoms with Crippen LogP contribution >= 0.6 is 0 Å². The van der Waals surface area contributed by atoms with Crippen LogP contribution < -0.4 is 16.0 Å². The zero-order chi connectivity index (χ0) is 34.5. The summed E-state index contributed by atoms with van der Waals surface area (Å²) in [6.07, 6.45) is 4.27. The Morgan fingerprint density at radius 2 is 1.77 bits per heavy atom. The highest BCUT2D eigenvalue weighted by Gasteiger charge is 2.40. The molecule has 2 fully saturated rings. The molecule has 0 bridgehead atoms. The van der Waals surface area contributed by atoms with Crippen molar-refractivity contribution in [3.8, 4) is 0 Å². The van der Waals surface area contributed by atoms with E-state index >= 15 is 4.39 Å². The topological polar surface area (TPSA) is 133 Å². The second-order valence-electron chi connectivity index (χ2n) is 13.4. The lowest BCUT2D eigenvalue weighted by Crippen LogP contribution is -2.59. The summed E-state index contributed by atoms with van der Waals surface area (Å²) in [4.78, 5) is 43.3. The Labute approximate surface area is 274 Å². The first-order valence-corrected chi connectivity index (χ1v) is 16.5. The summed E-state index contributed by atoms with van der Waals surface area (Å²) in [7, 11) is 1.93. The minimum atomic E-state index is -3.71. The lowest BCUT2D eigenvalue weighted by Gasteiger charge is -2.40. The number of aromatic nitrogens is 2. The number of anilines is 1. The number of aryl methyl sites for hydroxylation is 1. The van der Waals surface area contributed by atoms with E-state index in [2.05, 4.69) is 38.1 Å². The van der Waals surface area contributed by atoms with Crippen molar-refractivity contribution < 1.29 is 32.2 Å². The standard InChI is InChI=1S/C33H48F3N7O4/c1-7-25-27(41-47-40-25)17-37-29(22-10-8-19(2)9-11-22)30(44)38-26-13-12-23(16-24(26)34)21(4)28(39-32(46)33(5,35)36)31(45)43-15-14-42(6)20(3)18-43/h12-13,16,19-22,28-29,37H,7-11,14-15,17-18H2,1-6H3,(H,38,44)(H,39,46)/t19?,20-,21-,22?,28+,29-/m0/s1. The minimum Gasteiger partial charge on any atom is -0.339 e. The molecule has 1 aliphatic carbocycles. The van der Waals surface area contributed by atoms with Crippen LogP contribution in [0.2, 0.25) is 0 Å². The fraction of sp³-hybridized carbons (Fsp3) is 0.667. The van der Waals surface area contributed by atoms with Gasteiger partial charge in [0.15, 0.2) is 0 Å². The van der Waals surface area contributed by atoms with Gasteiger partial charge in [-0.25, -0.2) is 9.02 Å². The van der Waals surface area contributed by atoms with Gasteiger partial charge >= 0.3 is 5.92 Å². The van der Waals surface area contributed by atoms with E-state index in [0.29, 0.717) is 55.8 Å². The van der Waals surface area contributed by atoms with E-state index in [4.69, 9.17) is 4.63 Å². The number of carbonyl (C=O) groups excluding carboxylic acids is 3. The summed E-state index contributed by atoms with van der Waals surface area (Å²) in [6.45, 7) is 9.68. The smallest absolute Gasteiger partial charge is 0.321 e. The lowest BCUT2D eigenvalue weighted by molar-refractivity contribution is -0.148. The maximum atomic E-state index is 15.6. The van der Waals surface area contributed by atoms with Crippen molar-refractivity contribution in [2.24, 2.45) is 11.8 Å². The summed E-state index contributed by atoms with van der Waals surface area (Å²) in [5.74, 6) is -7.22. The number of likely N-dealkylation sites (N-methyl/N-ethyl adjacent to an activating group) is 1. The van der Waals surface area contributed by atoms with Gasteiger partial charge < -0.3 is 20.4 Å². The molecular formula is C33H48F3N7O4. The Balaban J connectivity index is 1.52. The van der Waals surface area contributed by atoms with Crippen LogP contribution in [0.5, 0.6) is 0 Å². The zero-order valence-corrected chi connectivity index (χ0v) is 28.1. The van der Waals surface area contributed by atoms with Crippen molar-refractivity contribution >= 4 is 23.4 Å². The van der Waals surface area contributed by atoms with Crippen LogP contribution in [0.25, 0.3) is 0 Å². The molecule has 2 aromatic rings. The number of hydrogen-bond acceptors (Lipinski definition) is 8. The van der Waals surface area contributed by atoms with Crippen LogP contribution in [0.3, 0.4) is 0 Å². The molecule has 260 valence electrons. The van der Waals surface area contributed by atoms with Crippen molar-refractivity contribution in [3.63, 3.8) is 0 Å². The lowest BCUT2D eigenvalue weighted by atomic mass is 9.79. The highest BCUT2D eigenvalue weighted by atomic mass is 19.3. The number of nitrogens with zero attached hydrogens (tertiary/aromatic N) is 4. The summed E-state index contributed by atoms with van der Waals surface area (Å²) in [5, 5.41) is 16.1. The van der Waals surface area contributed by atoms with Crippen molar-refractivity contribution in [3.05, 3.63) is 41.0 Å². The van der Waals surface area contributed by atoms with Crippen molar-refractivity contribution in [2.45, 2.75) is 103 Å². The number of amides is 3. The van der Waals surface area contributed by atoms with Gasteiger partial charge in [0.05, 0.1) is 11.7 Å². The molecule has 2 heterocycles. The number of piperazine rings is 1. The van der Waals surface area contributed by atoms with Gasteiger partial charge in [-0.1, -0.05) is 50.0 Å². The van der Waals surface area contributed by atoms with Gasteiger partial charge in [0.1, 0.15) is 23.2 Å². The molecular weight excluding hydrogens is 615 g/mol. The van der Waals surface area contributed by atoms with Crippen LogP contribution in [0.15, 0.2) is 22.8 Å². The number of hydrogen-bond donors (Lipinski definition) is 3. The zero-order valence-electron chi connectivity index (χ0n) is 28.1. The first-order valence-electron chi connectivity index (χ1n) is 16.5. The molecule has 47 heavy (non-hydrogen) atoms. The molecule has 4 rings (SSSR count). The molecule has 3 amide bonds. The van der Waals surface area contributed by atoms with E-state index < -0.39 is 47.5 Å². The van der Waals surface area contributed by atoms with E-state index in [1.807, 2.05) is 20.9 Å².